The summed E-state index contributed by atoms with van der Waals surface area (Å²) in [6.45, 7) is 6.32. The molecule has 1 atom stereocenters. The Morgan fingerprint density at radius 1 is 0.851 bits per heavy atom. The van der Waals surface area contributed by atoms with E-state index in [0.717, 1.165) is 52.8 Å². The molecule has 0 aromatic carbocycles. The zero-order valence-electron chi connectivity index (χ0n) is 25.5. The minimum atomic E-state index is -2.85. The van der Waals surface area contributed by atoms with Gasteiger partial charge in [-0.05, 0) is 52.6 Å². The summed E-state index contributed by atoms with van der Waals surface area (Å²) < 4.78 is 26.3. The molecule has 3 N–H and O–H groups in total. The highest BCUT2D eigenvalue weighted by Gasteiger charge is 2.62. The number of halogens is 4. The molecular formula is C30H32Cl2F2N8O3S2. The molecule has 7 rings (SSSR count). The summed E-state index contributed by atoms with van der Waals surface area (Å²) in [5.41, 5.74) is 5.60. The van der Waals surface area contributed by atoms with Crippen molar-refractivity contribution < 1.29 is 13.6 Å². The van der Waals surface area contributed by atoms with E-state index in [-0.39, 0.29) is 33.9 Å². The Balaban J connectivity index is 0.000000172. The van der Waals surface area contributed by atoms with Crippen LogP contribution in [0.25, 0.3) is 21.4 Å². The Hall–Kier alpha value is -3.11. The molecular weight excluding hydrogens is 693 g/mol. The number of aromatic nitrogens is 6. The lowest BCUT2D eigenvalue weighted by Crippen LogP contribution is -2.40. The number of thiazole rings is 2. The van der Waals surface area contributed by atoms with Gasteiger partial charge in [-0.2, -0.15) is 0 Å². The highest BCUT2D eigenvalue weighted by molar-refractivity contribution is 7.13. The van der Waals surface area contributed by atoms with Gasteiger partial charge in [0, 0.05) is 31.3 Å². The van der Waals surface area contributed by atoms with Crippen LogP contribution in [0.5, 0.6) is 0 Å². The van der Waals surface area contributed by atoms with Gasteiger partial charge < -0.3 is 20.2 Å². The molecule has 3 fully saturated rings. The zero-order valence-corrected chi connectivity index (χ0v) is 28.7. The molecule has 4 aromatic heterocycles. The van der Waals surface area contributed by atoms with E-state index in [4.69, 9.17) is 23.2 Å². The number of hydrogen-bond donors (Lipinski definition) is 3. The van der Waals surface area contributed by atoms with Crippen LogP contribution in [-0.2, 0) is 4.79 Å². The highest BCUT2D eigenvalue weighted by Crippen LogP contribution is 2.50. The third-order valence-electron chi connectivity index (χ3n) is 8.74. The van der Waals surface area contributed by atoms with Gasteiger partial charge in [-0.3, -0.25) is 14.4 Å². The second kappa shape index (κ2) is 13.8. The van der Waals surface area contributed by atoms with E-state index in [0.29, 0.717) is 43.3 Å². The van der Waals surface area contributed by atoms with Crippen molar-refractivity contribution in [2.75, 3.05) is 26.2 Å². The number of likely N-dealkylation sites (tertiary alicyclic amines) is 1. The van der Waals surface area contributed by atoms with Crippen LogP contribution >= 0.6 is 45.9 Å². The predicted molar refractivity (Wildman–Crippen MR) is 178 cm³/mol. The van der Waals surface area contributed by atoms with E-state index >= 15 is 0 Å². The second-order valence-electron chi connectivity index (χ2n) is 11.9. The van der Waals surface area contributed by atoms with Crippen molar-refractivity contribution in [1.82, 2.24) is 40.1 Å². The van der Waals surface area contributed by atoms with Gasteiger partial charge in [0.1, 0.15) is 16.0 Å². The molecule has 2 saturated heterocycles. The Morgan fingerprint density at radius 3 is 1.70 bits per heavy atom. The van der Waals surface area contributed by atoms with Gasteiger partial charge in [0.25, 0.3) is 17.0 Å². The summed E-state index contributed by atoms with van der Waals surface area (Å²) >= 11 is 15.2. The summed E-state index contributed by atoms with van der Waals surface area (Å²) in [6, 6.07) is 0. The molecule has 6 heterocycles. The number of nitrogens with zero attached hydrogens (tertiary/aromatic N) is 5. The number of carbonyl (C=O) groups excluding carboxylic acids is 1. The van der Waals surface area contributed by atoms with Gasteiger partial charge >= 0.3 is 0 Å². The van der Waals surface area contributed by atoms with Gasteiger partial charge in [-0.15, -0.1) is 22.7 Å². The van der Waals surface area contributed by atoms with Crippen LogP contribution in [0.1, 0.15) is 66.7 Å². The van der Waals surface area contributed by atoms with Gasteiger partial charge in [-0.1, -0.05) is 23.2 Å². The third-order valence-corrected chi connectivity index (χ3v) is 11.3. The van der Waals surface area contributed by atoms with Gasteiger partial charge in [0.15, 0.2) is 11.6 Å². The molecule has 4 aromatic rings. The number of piperidine rings is 2. The fourth-order valence-electron chi connectivity index (χ4n) is 5.94. The van der Waals surface area contributed by atoms with E-state index in [2.05, 4.69) is 35.2 Å². The summed E-state index contributed by atoms with van der Waals surface area (Å²) in [7, 11) is 0. The maximum absolute atomic E-state index is 13.1. The molecule has 2 aliphatic heterocycles. The van der Waals surface area contributed by atoms with Crippen LogP contribution < -0.4 is 16.4 Å². The number of aryl methyl sites for hydroxylation is 2. The van der Waals surface area contributed by atoms with E-state index in [1.165, 1.54) is 27.6 Å². The van der Waals surface area contributed by atoms with E-state index in [9.17, 15) is 23.2 Å². The van der Waals surface area contributed by atoms with Crippen molar-refractivity contribution in [3.63, 3.8) is 0 Å². The molecule has 1 amide bonds. The Morgan fingerprint density at radius 2 is 1.30 bits per heavy atom. The lowest BCUT2D eigenvalue weighted by atomic mass is 9.93. The first-order valence-electron chi connectivity index (χ1n) is 15.2. The van der Waals surface area contributed by atoms with Crippen LogP contribution in [0, 0.1) is 19.8 Å². The van der Waals surface area contributed by atoms with Crippen LogP contribution in [0.3, 0.4) is 0 Å². The largest absolute Gasteiger partial charge is 0.342 e. The number of carbonyl (C=O) groups is 1. The van der Waals surface area contributed by atoms with Gasteiger partial charge in [0.05, 0.1) is 43.6 Å². The smallest absolute Gasteiger partial charge is 0.270 e. The quantitative estimate of drug-likeness (QED) is 0.243. The summed E-state index contributed by atoms with van der Waals surface area (Å²) in [5, 5.41) is 3.57. The Labute approximate surface area is 286 Å². The molecule has 17 heteroatoms. The molecule has 250 valence electrons. The van der Waals surface area contributed by atoms with Crippen molar-refractivity contribution in [3.8, 4) is 21.4 Å². The summed E-state index contributed by atoms with van der Waals surface area (Å²) in [5.74, 6) is -3.36. The Bertz CT molecular complexity index is 1900. The minimum Gasteiger partial charge on any atom is -0.342 e. The lowest BCUT2D eigenvalue weighted by molar-refractivity contribution is -0.135. The lowest BCUT2D eigenvalue weighted by Gasteiger charge is -2.32. The van der Waals surface area contributed by atoms with Crippen LogP contribution in [0.15, 0.2) is 20.6 Å². The fourth-order valence-corrected chi connectivity index (χ4v) is 7.92. The highest BCUT2D eigenvalue weighted by atomic mass is 35.5. The monoisotopic (exact) mass is 724 g/mol. The van der Waals surface area contributed by atoms with Crippen molar-refractivity contribution in [3.05, 3.63) is 64.5 Å². The van der Waals surface area contributed by atoms with Crippen molar-refractivity contribution in [1.29, 1.82) is 0 Å². The number of amides is 1. The van der Waals surface area contributed by atoms with E-state index in [1.807, 2.05) is 13.8 Å². The molecule has 1 unspecified atom stereocenters. The van der Waals surface area contributed by atoms with Crippen molar-refractivity contribution in [2.24, 2.45) is 5.92 Å². The topological polar surface area (TPSA) is 150 Å². The molecule has 0 bridgehead atoms. The summed E-state index contributed by atoms with van der Waals surface area (Å²) in [6.07, 6.45) is 2.61. The van der Waals surface area contributed by atoms with Crippen LogP contribution in [-0.4, -0.2) is 72.8 Å². The van der Waals surface area contributed by atoms with Crippen molar-refractivity contribution in [2.45, 2.75) is 63.7 Å². The maximum atomic E-state index is 13.1. The molecule has 11 nitrogen and oxygen atoms in total. The number of H-pyrrole nitrogens is 2. The molecule has 0 radical (unpaired) electrons. The minimum absolute atomic E-state index is 0.0411. The number of hydrogen-bond acceptors (Lipinski definition) is 10. The first-order valence-corrected chi connectivity index (χ1v) is 17.7. The zero-order chi connectivity index (χ0) is 33.5. The van der Waals surface area contributed by atoms with Crippen LogP contribution in [0.4, 0.5) is 8.78 Å². The van der Waals surface area contributed by atoms with E-state index in [1.54, 1.807) is 11.0 Å². The molecule has 3 aliphatic rings. The second-order valence-corrected chi connectivity index (χ2v) is 14.4. The molecule has 1 saturated carbocycles. The number of alkyl halides is 2. The molecule has 1 aliphatic carbocycles. The van der Waals surface area contributed by atoms with E-state index < -0.39 is 23.3 Å². The SMILES string of the molecule is Cc1ncsc1-c1nc(C2CCN(C(=O)C3CC3(F)F)CC2)c(Cl)c(=O)[nH]1.Cc1ncsc1-c1nc(C2CCNCC2)c(Cl)c(=O)[nH]1. The van der Waals surface area contributed by atoms with Gasteiger partial charge in [0.2, 0.25) is 5.91 Å². The van der Waals surface area contributed by atoms with Crippen LogP contribution in [0.2, 0.25) is 10.0 Å². The first kappa shape index (κ1) is 33.8. The summed E-state index contributed by atoms with van der Waals surface area (Å²) in [4.78, 5) is 62.6. The number of rotatable bonds is 5. The molecule has 47 heavy (non-hydrogen) atoms. The maximum Gasteiger partial charge on any atom is 0.270 e. The Kier molecular flexibility index (Phi) is 9.91. The normalized spacial score (nSPS) is 19.7. The third kappa shape index (κ3) is 7.19. The number of aromatic amines is 2. The standard InChI is InChI=1S/C17H17ClF2N4O2S.C13H15ClN4OS/c1-8-13(27-7-21-8)14-22-12(11(18)15(25)23-14)9-2-4-24(5-3-9)16(26)10-6-17(10,19)20;1-7-11(20-6-16-7)12-17-10(9(14)13(19)18-12)8-2-4-15-5-3-8/h7,9-10H,2-6H2,1H3,(H,22,23,25);6,8,15H,2-5H2,1H3,(H,17,18,19). The average Bonchev–Trinajstić information content (AvgIpc) is 3.33. The van der Waals surface area contributed by atoms with Gasteiger partial charge in [-0.25, -0.2) is 28.7 Å². The fraction of sp³-hybridized carbons (Fsp3) is 0.500. The number of nitrogens with one attached hydrogen (secondary N) is 3. The average molecular weight is 726 g/mol. The predicted octanol–water partition coefficient (Wildman–Crippen LogP) is 5.54. The first-order chi connectivity index (χ1) is 22.4. The van der Waals surface area contributed by atoms with Crippen molar-refractivity contribution >= 4 is 51.8 Å². The molecule has 0 spiro atoms.